The molecule has 0 spiro atoms. The monoisotopic (exact) mass is 400 g/mol. The zero-order valence-corrected chi connectivity index (χ0v) is 15.5. The first-order valence-corrected chi connectivity index (χ1v) is 8.08. The molecule has 0 aliphatic rings. The maximum Gasteiger partial charge on any atom is 0.337 e. The van der Waals surface area contributed by atoms with Crippen LogP contribution in [-0.2, 0) is 4.74 Å². The Labute approximate surface area is 178 Å². The minimum Gasteiger partial charge on any atom is -0.481 e. The van der Waals surface area contributed by atoms with Crippen molar-refractivity contribution in [3.05, 3.63) is 59.7 Å². The summed E-state index contributed by atoms with van der Waals surface area (Å²) in [5, 5.41) is 8.65. The molecule has 0 bridgehead atoms. The summed E-state index contributed by atoms with van der Waals surface area (Å²) in [4.78, 5) is 21.7. The topological polar surface area (TPSA) is 82.1 Å². The molecule has 150 valence electrons. The molecule has 0 fully saturated rings. The number of rotatable bonds is 6. The van der Waals surface area contributed by atoms with Gasteiger partial charge in [-0.1, -0.05) is 11.8 Å². The van der Waals surface area contributed by atoms with Crippen LogP contribution in [0.1, 0.15) is 42.6 Å². The van der Waals surface area contributed by atoms with Gasteiger partial charge in [-0.3, -0.25) is 0 Å². The van der Waals surface area contributed by atoms with Crippen LogP contribution in [0.3, 0.4) is 0 Å². The quantitative estimate of drug-likeness (QED) is 0.589. The van der Waals surface area contributed by atoms with E-state index in [1.165, 1.54) is 31.4 Å². The van der Waals surface area contributed by atoms with Crippen LogP contribution >= 0.6 is 0 Å². The van der Waals surface area contributed by atoms with Crippen molar-refractivity contribution in [2.45, 2.75) is 13.7 Å². The van der Waals surface area contributed by atoms with Crippen LogP contribution < -0.4 is 9.47 Å². The van der Waals surface area contributed by atoms with Gasteiger partial charge in [0.1, 0.15) is 24.7 Å². The fourth-order valence-electron chi connectivity index (χ4n) is 1.81. The van der Waals surface area contributed by atoms with Crippen LogP contribution in [-0.4, -0.2) is 37.4 Å². The number of methoxy groups -OCH3 is 1. The number of benzene rings is 2. The van der Waals surface area contributed by atoms with Gasteiger partial charge in [0.05, 0.1) is 18.2 Å². The van der Waals surface area contributed by atoms with Crippen molar-refractivity contribution >= 4 is 11.9 Å². The SMILES string of the molecule is [2H]C([2H])([2H])C#CCOc1ccc(C(=O)O)cc1.[2H]C([2H])([2H])C#CCOc1ccc(C(=O)OC)cc1. The molecule has 0 radical (unpaired) electrons. The molecule has 0 heterocycles. The first-order valence-electron chi connectivity index (χ1n) is 11.1. The third-order valence-electron chi connectivity index (χ3n) is 3.18. The third-order valence-corrected chi connectivity index (χ3v) is 3.18. The van der Waals surface area contributed by atoms with Gasteiger partial charge in [0.15, 0.2) is 0 Å². The smallest absolute Gasteiger partial charge is 0.337 e. The predicted octanol–water partition coefficient (Wildman–Crippen LogP) is 3.66. The molecule has 6 nitrogen and oxygen atoms in total. The van der Waals surface area contributed by atoms with Crippen molar-refractivity contribution in [2.75, 3.05) is 20.3 Å². The van der Waals surface area contributed by atoms with Gasteiger partial charge in [-0.15, -0.1) is 11.8 Å². The molecule has 6 heteroatoms. The lowest BCUT2D eigenvalue weighted by molar-refractivity contribution is 0.0599. The predicted molar refractivity (Wildman–Crippen MR) is 109 cm³/mol. The van der Waals surface area contributed by atoms with E-state index in [9.17, 15) is 9.59 Å². The van der Waals surface area contributed by atoms with Crippen LogP contribution in [0.4, 0.5) is 0 Å². The fourth-order valence-corrected chi connectivity index (χ4v) is 1.81. The van der Waals surface area contributed by atoms with Crippen LogP contribution in [0, 0.1) is 23.7 Å². The average Bonchev–Trinajstić information content (AvgIpc) is 2.79. The molecule has 0 aliphatic heterocycles. The minimum atomic E-state index is -2.28. The summed E-state index contributed by atoms with van der Waals surface area (Å²) in [6, 6.07) is 12.0. The van der Waals surface area contributed by atoms with Gasteiger partial charge in [-0.25, -0.2) is 9.59 Å². The van der Waals surface area contributed by atoms with Crippen molar-refractivity contribution in [3.63, 3.8) is 0 Å². The summed E-state index contributed by atoms with van der Waals surface area (Å²) in [6.07, 6.45) is 0. The van der Waals surface area contributed by atoms with Crippen LogP contribution in [0.2, 0.25) is 0 Å². The summed E-state index contributed by atoms with van der Waals surface area (Å²) in [5.74, 6) is 8.39. The molecular weight excluding hydrogens is 372 g/mol. The van der Waals surface area contributed by atoms with Crippen molar-refractivity contribution in [1.82, 2.24) is 0 Å². The number of hydrogen-bond donors (Lipinski definition) is 1. The maximum atomic E-state index is 11.1. The summed E-state index contributed by atoms with van der Waals surface area (Å²) >= 11 is 0. The highest BCUT2D eigenvalue weighted by Gasteiger charge is 2.04. The van der Waals surface area contributed by atoms with E-state index in [1.807, 2.05) is 0 Å². The van der Waals surface area contributed by atoms with Gasteiger partial charge in [0.2, 0.25) is 0 Å². The van der Waals surface area contributed by atoms with E-state index < -0.39 is 25.6 Å². The molecule has 2 rings (SSSR count). The van der Waals surface area contributed by atoms with Gasteiger partial charge < -0.3 is 19.3 Å². The standard InChI is InChI=1S/C12H12O3.C11H10O3/c1-3-4-9-15-11-7-5-10(6-8-11)12(13)14-2;1-2-3-8-14-10-6-4-9(5-7-10)11(12)13/h5-8H,9H2,1-2H3;4-7H,8H2,1H3,(H,12,13)/i2*1D3. The Morgan fingerprint density at radius 2 is 1.31 bits per heavy atom. The number of esters is 1. The van der Waals surface area contributed by atoms with E-state index in [2.05, 4.69) is 28.4 Å². The highest BCUT2D eigenvalue weighted by Crippen LogP contribution is 2.13. The van der Waals surface area contributed by atoms with E-state index in [0.29, 0.717) is 17.1 Å². The molecule has 2 aromatic carbocycles. The number of aromatic carboxylic acids is 1. The summed E-state index contributed by atoms with van der Waals surface area (Å²) in [6.45, 7) is -4.62. The lowest BCUT2D eigenvalue weighted by Gasteiger charge is -2.02. The van der Waals surface area contributed by atoms with Gasteiger partial charge in [-0.2, -0.15) is 0 Å². The molecule has 0 aromatic heterocycles. The average molecular weight is 400 g/mol. The number of carbonyl (C=O) groups excluding carboxylic acids is 1. The van der Waals surface area contributed by atoms with Crippen molar-refractivity contribution in [2.24, 2.45) is 0 Å². The number of carboxylic acid groups (broad SMARTS) is 1. The van der Waals surface area contributed by atoms with Crippen molar-refractivity contribution < 1.29 is 37.1 Å². The lowest BCUT2D eigenvalue weighted by Crippen LogP contribution is -2.01. The molecule has 1 N–H and O–H groups in total. The summed E-state index contributed by atoms with van der Waals surface area (Å²) in [7, 11) is 1.30. The molecule has 0 unspecified atom stereocenters. The van der Waals surface area contributed by atoms with Crippen LogP contribution in [0.5, 0.6) is 11.5 Å². The van der Waals surface area contributed by atoms with Gasteiger partial charge in [-0.05, 0) is 62.2 Å². The maximum absolute atomic E-state index is 11.1. The Kier molecular flexibility index (Phi) is 6.91. The van der Waals surface area contributed by atoms with Crippen molar-refractivity contribution in [3.8, 4) is 35.2 Å². The van der Waals surface area contributed by atoms with E-state index in [4.69, 9.17) is 22.8 Å². The molecule has 0 saturated heterocycles. The second kappa shape index (κ2) is 13.3. The Balaban J connectivity index is 0.000000351. The zero-order valence-electron chi connectivity index (χ0n) is 21.5. The second-order valence-electron chi connectivity index (χ2n) is 5.03. The van der Waals surface area contributed by atoms with E-state index in [-0.39, 0.29) is 18.8 Å². The van der Waals surface area contributed by atoms with Gasteiger partial charge in [0.25, 0.3) is 0 Å². The number of carboxylic acids is 1. The van der Waals surface area contributed by atoms with E-state index in [0.717, 1.165) is 0 Å². The first kappa shape index (κ1) is 15.1. The molecule has 29 heavy (non-hydrogen) atoms. The van der Waals surface area contributed by atoms with Gasteiger partial charge >= 0.3 is 11.9 Å². The van der Waals surface area contributed by atoms with E-state index >= 15 is 0 Å². The number of ether oxygens (including phenoxy) is 3. The van der Waals surface area contributed by atoms with Crippen LogP contribution in [0.25, 0.3) is 0 Å². The van der Waals surface area contributed by atoms with Crippen molar-refractivity contribution in [1.29, 1.82) is 0 Å². The Morgan fingerprint density at radius 1 is 0.862 bits per heavy atom. The first-order chi connectivity index (χ1) is 16.3. The van der Waals surface area contributed by atoms with Gasteiger partial charge in [0, 0.05) is 8.22 Å². The van der Waals surface area contributed by atoms with E-state index in [1.54, 1.807) is 24.3 Å². The minimum absolute atomic E-state index is 0.0179. The number of carbonyl (C=O) groups is 2. The normalized spacial score (nSPS) is 12.6. The second-order valence-corrected chi connectivity index (χ2v) is 5.03. The summed E-state index contributed by atoms with van der Waals surface area (Å²) in [5.41, 5.74) is 0.573. The fraction of sp³-hybridized carbons (Fsp3) is 0.217. The molecular formula is C23H22O6. The zero-order chi connectivity index (χ0) is 26.5. The Morgan fingerprint density at radius 3 is 1.69 bits per heavy atom. The Bertz CT molecular complexity index is 1100. The number of hydrogen-bond acceptors (Lipinski definition) is 5. The lowest BCUT2D eigenvalue weighted by atomic mass is 10.2. The highest BCUT2D eigenvalue weighted by molar-refractivity contribution is 5.89. The molecule has 0 atom stereocenters. The molecule has 0 saturated carbocycles. The Hall–Kier alpha value is -3.90. The molecule has 0 amide bonds. The molecule has 0 aliphatic carbocycles. The third kappa shape index (κ3) is 9.03. The summed E-state index contributed by atoms with van der Waals surface area (Å²) < 4.78 is 55.9. The van der Waals surface area contributed by atoms with Crippen LogP contribution in [0.15, 0.2) is 48.5 Å². The highest BCUT2D eigenvalue weighted by atomic mass is 16.5. The molecule has 2 aromatic rings. The largest absolute Gasteiger partial charge is 0.481 e.